The van der Waals surface area contributed by atoms with Gasteiger partial charge in [-0.3, -0.25) is 4.31 Å². The Morgan fingerprint density at radius 3 is 2.23 bits per heavy atom. The van der Waals surface area contributed by atoms with E-state index in [9.17, 15) is 12.8 Å². The third kappa shape index (κ3) is 4.06. The Balaban J connectivity index is 2.07. The largest absolute Gasteiger partial charge is 0.264 e. The molecular formula is C20H17ClFNO2S. The maximum absolute atomic E-state index is 13.2. The average Bonchev–Trinajstić information content (AvgIpc) is 2.61. The highest BCUT2D eigenvalue weighted by atomic mass is 35.5. The van der Waals surface area contributed by atoms with Gasteiger partial charge in [0.15, 0.2) is 0 Å². The van der Waals surface area contributed by atoms with Crippen molar-refractivity contribution < 1.29 is 12.8 Å². The zero-order valence-electron chi connectivity index (χ0n) is 14.1. The first-order valence-electron chi connectivity index (χ1n) is 7.96. The van der Waals surface area contributed by atoms with Gasteiger partial charge in [-0.1, -0.05) is 35.9 Å². The number of nitrogens with zero attached hydrogens (tertiary/aromatic N) is 1. The molecule has 134 valence electrons. The number of hydrogen-bond acceptors (Lipinski definition) is 2. The van der Waals surface area contributed by atoms with E-state index in [0.29, 0.717) is 10.7 Å². The summed E-state index contributed by atoms with van der Waals surface area (Å²) in [6.07, 6.45) is 0. The normalized spacial score (nSPS) is 11.3. The molecule has 0 aliphatic carbocycles. The molecule has 3 nitrogen and oxygen atoms in total. The predicted molar refractivity (Wildman–Crippen MR) is 102 cm³/mol. The van der Waals surface area contributed by atoms with Gasteiger partial charge in [-0.05, 0) is 66.6 Å². The van der Waals surface area contributed by atoms with Crippen LogP contribution >= 0.6 is 11.6 Å². The van der Waals surface area contributed by atoms with Crippen LogP contribution in [0.1, 0.15) is 11.1 Å². The Labute approximate surface area is 157 Å². The van der Waals surface area contributed by atoms with Crippen LogP contribution in [0.25, 0.3) is 0 Å². The van der Waals surface area contributed by atoms with Crippen molar-refractivity contribution in [3.05, 3.63) is 94.8 Å². The van der Waals surface area contributed by atoms with Crippen LogP contribution in [0, 0.1) is 12.7 Å². The molecule has 0 spiro atoms. The Kier molecular flexibility index (Phi) is 5.30. The van der Waals surface area contributed by atoms with Crippen molar-refractivity contribution in [1.29, 1.82) is 0 Å². The SMILES string of the molecule is Cc1cccc(N(Cc2ccc(Cl)cc2)S(=O)(=O)c2ccc(F)cc2)c1. The van der Waals surface area contributed by atoms with Crippen molar-refractivity contribution in [2.45, 2.75) is 18.4 Å². The Morgan fingerprint density at radius 2 is 1.62 bits per heavy atom. The van der Waals surface area contributed by atoms with E-state index in [4.69, 9.17) is 11.6 Å². The van der Waals surface area contributed by atoms with Crippen molar-refractivity contribution in [3.63, 3.8) is 0 Å². The third-order valence-electron chi connectivity index (χ3n) is 3.93. The summed E-state index contributed by atoms with van der Waals surface area (Å²) in [5, 5.41) is 0.581. The summed E-state index contributed by atoms with van der Waals surface area (Å²) in [6, 6.07) is 19.1. The summed E-state index contributed by atoms with van der Waals surface area (Å²) in [6.45, 7) is 2.04. The van der Waals surface area contributed by atoms with Gasteiger partial charge in [0, 0.05) is 5.02 Å². The summed E-state index contributed by atoms with van der Waals surface area (Å²) in [4.78, 5) is 0.0365. The third-order valence-corrected chi connectivity index (χ3v) is 5.97. The second-order valence-electron chi connectivity index (χ2n) is 5.93. The number of halogens is 2. The lowest BCUT2D eigenvalue weighted by molar-refractivity contribution is 0.589. The van der Waals surface area contributed by atoms with E-state index in [1.807, 2.05) is 13.0 Å². The van der Waals surface area contributed by atoms with Crippen molar-refractivity contribution in [3.8, 4) is 0 Å². The van der Waals surface area contributed by atoms with Crippen LogP contribution in [0.3, 0.4) is 0 Å². The summed E-state index contributed by atoms with van der Waals surface area (Å²) < 4.78 is 40.9. The Morgan fingerprint density at radius 1 is 0.962 bits per heavy atom. The highest BCUT2D eigenvalue weighted by Gasteiger charge is 2.25. The van der Waals surface area contributed by atoms with E-state index in [0.717, 1.165) is 23.3 Å². The van der Waals surface area contributed by atoms with Gasteiger partial charge in [-0.15, -0.1) is 0 Å². The Bertz CT molecular complexity index is 1000. The van der Waals surface area contributed by atoms with Gasteiger partial charge in [-0.25, -0.2) is 12.8 Å². The second-order valence-corrected chi connectivity index (χ2v) is 8.23. The van der Waals surface area contributed by atoms with Gasteiger partial charge in [0.05, 0.1) is 17.1 Å². The maximum Gasteiger partial charge on any atom is 0.264 e. The number of benzene rings is 3. The number of anilines is 1. The molecule has 0 heterocycles. The molecule has 0 aromatic heterocycles. The van der Waals surface area contributed by atoms with Crippen molar-refractivity contribution in [1.82, 2.24) is 0 Å². The minimum absolute atomic E-state index is 0.0365. The number of rotatable bonds is 5. The predicted octanol–water partition coefficient (Wildman–Crippen LogP) is 5.18. The molecule has 0 radical (unpaired) electrons. The van der Waals surface area contributed by atoms with E-state index in [-0.39, 0.29) is 11.4 Å². The van der Waals surface area contributed by atoms with Gasteiger partial charge < -0.3 is 0 Å². The van der Waals surface area contributed by atoms with E-state index < -0.39 is 15.8 Å². The number of hydrogen-bond donors (Lipinski definition) is 0. The van der Waals surface area contributed by atoms with Gasteiger partial charge in [0.2, 0.25) is 0 Å². The zero-order chi connectivity index (χ0) is 18.7. The highest BCUT2D eigenvalue weighted by Crippen LogP contribution is 2.27. The van der Waals surface area contributed by atoms with E-state index in [2.05, 4.69) is 0 Å². The first-order valence-corrected chi connectivity index (χ1v) is 9.77. The van der Waals surface area contributed by atoms with Gasteiger partial charge in [0.1, 0.15) is 5.82 Å². The molecule has 0 aliphatic rings. The highest BCUT2D eigenvalue weighted by molar-refractivity contribution is 7.92. The van der Waals surface area contributed by atoms with E-state index in [1.54, 1.807) is 42.5 Å². The molecular weight excluding hydrogens is 373 g/mol. The van der Waals surface area contributed by atoms with Crippen molar-refractivity contribution >= 4 is 27.3 Å². The summed E-state index contributed by atoms with van der Waals surface area (Å²) in [7, 11) is -3.86. The van der Waals surface area contributed by atoms with E-state index in [1.165, 1.54) is 16.4 Å². The topological polar surface area (TPSA) is 37.4 Å². The fraction of sp³-hybridized carbons (Fsp3) is 0.100. The smallest absolute Gasteiger partial charge is 0.262 e. The molecule has 3 aromatic rings. The van der Waals surface area contributed by atoms with Crippen LogP contribution < -0.4 is 4.31 Å². The molecule has 0 N–H and O–H groups in total. The fourth-order valence-electron chi connectivity index (χ4n) is 2.59. The molecule has 3 aromatic carbocycles. The molecule has 0 amide bonds. The zero-order valence-corrected chi connectivity index (χ0v) is 15.6. The first-order chi connectivity index (χ1) is 12.4. The standard InChI is InChI=1S/C20H17ClFNO2S/c1-15-3-2-4-19(13-15)23(14-16-5-7-17(21)8-6-16)26(24,25)20-11-9-18(22)10-12-20/h2-13H,14H2,1H3. The molecule has 0 atom stereocenters. The quantitative estimate of drug-likeness (QED) is 0.602. The lowest BCUT2D eigenvalue weighted by atomic mass is 10.2. The summed E-state index contributed by atoms with van der Waals surface area (Å²) in [5.74, 6) is -0.483. The number of aryl methyl sites for hydroxylation is 1. The van der Waals surface area contributed by atoms with Gasteiger partial charge in [0.25, 0.3) is 10.0 Å². The molecule has 0 fully saturated rings. The van der Waals surface area contributed by atoms with Crippen LogP contribution in [0.5, 0.6) is 0 Å². The van der Waals surface area contributed by atoms with Crippen LogP contribution in [0.2, 0.25) is 5.02 Å². The van der Waals surface area contributed by atoms with Gasteiger partial charge in [-0.2, -0.15) is 0 Å². The van der Waals surface area contributed by atoms with Crippen LogP contribution in [-0.4, -0.2) is 8.42 Å². The summed E-state index contributed by atoms with van der Waals surface area (Å²) in [5.41, 5.74) is 2.28. The molecule has 0 saturated carbocycles. The molecule has 0 bridgehead atoms. The molecule has 0 unspecified atom stereocenters. The molecule has 3 rings (SSSR count). The number of sulfonamides is 1. The monoisotopic (exact) mass is 389 g/mol. The van der Waals surface area contributed by atoms with Crippen molar-refractivity contribution in [2.75, 3.05) is 4.31 Å². The second kappa shape index (κ2) is 7.48. The van der Waals surface area contributed by atoms with Crippen LogP contribution in [0.15, 0.2) is 77.7 Å². The molecule has 0 aliphatic heterocycles. The van der Waals surface area contributed by atoms with Crippen molar-refractivity contribution in [2.24, 2.45) is 0 Å². The lowest BCUT2D eigenvalue weighted by Crippen LogP contribution is -2.30. The molecule has 6 heteroatoms. The molecule has 26 heavy (non-hydrogen) atoms. The fourth-order valence-corrected chi connectivity index (χ4v) is 4.16. The lowest BCUT2D eigenvalue weighted by Gasteiger charge is -2.25. The average molecular weight is 390 g/mol. The van der Waals surface area contributed by atoms with E-state index >= 15 is 0 Å². The Hall–Kier alpha value is -2.37. The minimum Gasteiger partial charge on any atom is -0.262 e. The molecule has 0 saturated heterocycles. The minimum atomic E-state index is -3.86. The first kappa shape index (κ1) is 18.4. The maximum atomic E-state index is 13.2. The summed E-state index contributed by atoms with van der Waals surface area (Å²) >= 11 is 5.92. The van der Waals surface area contributed by atoms with Crippen LogP contribution in [-0.2, 0) is 16.6 Å². The van der Waals surface area contributed by atoms with Crippen LogP contribution in [0.4, 0.5) is 10.1 Å². The van der Waals surface area contributed by atoms with Gasteiger partial charge >= 0.3 is 0 Å².